The molecule has 1 saturated heterocycles. The van der Waals surface area contributed by atoms with Gasteiger partial charge in [0.25, 0.3) is 0 Å². The summed E-state index contributed by atoms with van der Waals surface area (Å²) in [4.78, 5) is 2.56. The van der Waals surface area contributed by atoms with Crippen molar-refractivity contribution in [2.75, 3.05) is 19.7 Å². The average molecular weight is 285 g/mol. The van der Waals surface area contributed by atoms with Crippen molar-refractivity contribution in [2.45, 2.75) is 32.2 Å². The van der Waals surface area contributed by atoms with Crippen LogP contribution >= 0.6 is 0 Å². The lowest BCUT2D eigenvalue weighted by atomic mass is 10.2. The molecule has 1 aliphatic rings. The Bertz CT molecular complexity index is 536. The third kappa shape index (κ3) is 3.64. The summed E-state index contributed by atoms with van der Waals surface area (Å²) in [5.41, 5.74) is 1.05. The van der Waals surface area contributed by atoms with E-state index in [1.165, 1.54) is 19.4 Å². The van der Waals surface area contributed by atoms with Crippen LogP contribution in [0.25, 0.3) is 5.69 Å². The summed E-state index contributed by atoms with van der Waals surface area (Å²) >= 11 is 0. The van der Waals surface area contributed by atoms with Gasteiger partial charge in [0.1, 0.15) is 5.75 Å². The Labute approximate surface area is 126 Å². The average Bonchev–Trinajstić information content (AvgIpc) is 3.16. The van der Waals surface area contributed by atoms with Crippen LogP contribution in [0.1, 0.15) is 26.2 Å². The van der Waals surface area contributed by atoms with Crippen LogP contribution in [0.4, 0.5) is 0 Å². The van der Waals surface area contributed by atoms with Crippen LogP contribution in [0.5, 0.6) is 5.75 Å². The van der Waals surface area contributed by atoms with Gasteiger partial charge in [-0.1, -0.05) is 0 Å². The molecule has 1 fully saturated rings. The third-order valence-electron chi connectivity index (χ3n) is 4.15. The van der Waals surface area contributed by atoms with Gasteiger partial charge in [-0.25, -0.2) is 4.68 Å². The van der Waals surface area contributed by atoms with Crippen LogP contribution in [-0.2, 0) is 0 Å². The molecule has 2 heterocycles. The number of aromatic nitrogens is 2. The fourth-order valence-corrected chi connectivity index (χ4v) is 2.90. The highest BCUT2D eigenvalue weighted by atomic mass is 16.5. The van der Waals surface area contributed by atoms with Crippen molar-refractivity contribution in [2.24, 2.45) is 0 Å². The molecule has 1 aliphatic heterocycles. The topological polar surface area (TPSA) is 30.3 Å². The Balaban J connectivity index is 1.43. The van der Waals surface area contributed by atoms with Gasteiger partial charge >= 0.3 is 0 Å². The largest absolute Gasteiger partial charge is 0.494 e. The quantitative estimate of drug-likeness (QED) is 0.764. The maximum atomic E-state index is 5.82. The molecule has 0 N–H and O–H groups in total. The molecule has 2 aromatic rings. The molecule has 0 spiro atoms. The van der Waals surface area contributed by atoms with Crippen LogP contribution in [0, 0.1) is 0 Å². The van der Waals surface area contributed by atoms with E-state index in [2.05, 4.69) is 16.9 Å². The zero-order valence-corrected chi connectivity index (χ0v) is 12.6. The molecule has 3 rings (SSSR count). The molecule has 0 radical (unpaired) electrons. The molecule has 1 unspecified atom stereocenters. The van der Waals surface area contributed by atoms with Gasteiger partial charge in [0.2, 0.25) is 0 Å². The first-order valence-electron chi connectivity index (χ1n) is 7.80. The summed E-state index contributed by atoms with van der Waals surface area (Å²) in [7, 11) is 0. The first kappa shape index (κ1) is 14.1. The third-order valence-corrected chi connectivity index (χ3v) is 4.15. The molecule has 1 aromatic heterocycles. The Hall–Kier alpha value is -1.81. The molecule has 0 aliphatic carbocycles. The number of benzene rings is 1. The van der Waals surface area contributed by atoms with E-state index in [-0.39, 0.29) is 0 Å². The molecule has 1 atom stereocenters. The van der Waals surface area contributed by atoms with Crippen LogP contribution in [0.15, 0.2) is 42.7 Å². The van der Waals surface area contributed by atoms with E-state index in [0.717, 1.165) is 37.1 Å². The van der Waals surface area contributed by atoms with Gasteiger partial charge in [-0.05, 0) is 63.1 Å². The fraction of sp³-hybridized carbons (Fsp3) is 0.471. The van der Waals surface area contributed by atoms with Crippen molar-refractivity contribution in [3.8, 4) is 11.4 Å². The molecule has 112 valence electrons. The number of likely N-dealkylation sites (tertiary alicyclic amines) is 1. The van der Waals surface area contributed by atoms with Crippen molar-refractivity contribution < 1.29 is 4.74 Å². The van der Waals surface area contributed by atoms with Crippen LogP contribution in [0.3, 0.4) is 0 Å². The molecule has 4 nitrogen and oxygen atoms in total. The van der Waals surface area contributed by atoms with Gasteiger partial charge in [-0.2, -0.15) is 5.10 Å². The predicted molar refractivity (Wildman–Crippen MR) is 83.9 cm³/mol. The predicted octanol–water partition coefficient (Wildman–Crippen LogP) is 3.13. The van der Waals surface area contributed by atoms with Gasteiger partial charge in [0.15, 0.2) is 0 Å². The summed E-state index contributed by atoms with van der Waals surface area (Å²) in [6.45, 7) is 5.50. The molecule has 0 amide bonds. The SMILES string of the molecule is CC1CCCN1CCCOc1ccc(-n2cccn2)cc1. The minimum Gasteiger partial charge on any atom is -0.494 e. The Morgan fingerprint density at radius 2 is 2.14 bits per heavy atom. The second-order valence-corrected chi connectivity index (χ2v) is 5.67. The first-order chi connectivity index (χ1) is 10.3. The molecular formula is C17H23N3O. The van der Waals surface area contributed by atoms with Crippen molar-refractivity contribution in [1.82, 2.24) is 14.7 Å². The number of nitrogens with zero attached hydrogens (tertiary/aromatic N) is 3. The van der Waals surface area contributed by atoms with Crippen LogP contribution in [0.2, 0.25) is 0 Å². The zero-order valence-electron chi connectivity index (χ0n) is 12.6. The summed E-state index contributed by atoms with van der Waals surface area (Å²) in [5.74, 6) is 0.931. The molecule has 4 heteroatoms. The highest BCUT2D eigenvalue weighted by Gasteiger charge is 2.18. The molecule has 0 saturated carbocycles. The standard InChI is InChI=1S/C17H23N3O/c1-15-5-2-11-19(15)12-4-14-21-17-8-6-16(7-9-17)20-13-3-10-18-20/h3,6-10,13,15H,2,4-5,11-12,14H2,1H3. The monoisotopic (exact) mass is 285 g/mol. The summed E-state index contributed by atoms with van der Waals surface area (Å²) in [5, 5.41) is 4.21. The van der Waals surface area contributed by atoms with E-state index in [0.29, 0.717) is 0 Å². The van der Waals surface area contributed by atoms with Crippen LogP contribution < -0.4 is 4.74 Å². The second kappa shape index (κ2) is 6.76. The van der Waals surface area contributed by atoms with Crippen molar-refractivity contribution >= 4 is 0 Å². The lowest BCUT2D eigenvalue weighted by Crippen LogP contribution is -2.28. The number of hydrogen-bond acceptors (Lipinski definition) is 3. The highest BCUT2D eigenvalue weighted by molar-refractivity contribution is 5.36. The van der Waals surface area contributed by atoms with E-state index >= 15 is 0 Å². The van der Waals surface area contributed by atoms with E-state index in [4.69, 9.17) is 4.74 Å². The Kier molecular flexibility index (Phi) is 4.55. The molecule has 1 aromatic carbocycles. The van der Waals surface area contributed by atoms with Crippen LogP contribution in [-0.4, -0.2) is 40.4 Å². The number of hydrogen-bond donors (Lipinski definition) is 0. The van der Waals surface area contributed by atoms with Gasteiger partial charge in [0.05, 0.1) is 12.3 Å². The number of rotatable bonds is 6. The van der Waals surface area contributed by atoms with Gasteiger partial charge in [-0.3, -0.25) is 0 Å². The van der Waals surface area contributed by atoms with Crippen molar-refractivity contribution in [3.05, 3.63) is 42.7 Å². The van der Waals surface area contributed by atoms with Crippen molar-refractivity contribution in [3.63, 3.8) is 0 Å². The molecular weight excluding hydrogens is 262 g/mol. The minimum absolute atomic E-state index is 0.748. The summed E-state index contributed by atoms with van der Waals surface area (Å²) in [6.07, 6.45) is 7.49. The van der Waals surface area contributed by atoms with Gasteiger partial charge in [0, 0.05) is 25.0 Å². The fourth-order valence-electron chi connectivity index (χ4n) is 2.90. The zero-order chi connectivity index (χ0) is 14.5. The van der Waals surface area contributed by atoms with E-state index in [9.17, 15) is 0 Å². The lowest BCUT2D eigenvalue weighted by molar-refractivity contribution is 0.230. The molecule has 0 bridgehead atoms. The smallest absolute Gasteiger partial charge is 0.119 e. The first-order valence-corrected chi connectivity index (χ1v) is 7.80. The summed E-state index contributed by atoms with van der Waals surface area (Å²) < 4.78 is 7.66. The minimum atomic E-state index is 0.748. The van der Waals surface area contributed by atoms with E-state index < -0.39 is 0 Å². The molecule has 21 heavy (non-hydrogen) atoms. The Morgan fingerprint density at radius 1 is 1.29 bits per heavy atom. The Morgan fingerprint density at radius 3 is 2.81 bits per heavy atom. The second-order valence-electron chi connectivity index (χ2n) is 5.67. The maximum absolute atomic E-state index is 5.82. The van der Waals surface area contributed by atoms with E-state index in [1.807, 2.05) is 41.2 Å². The number of ether oxygens (including phenoxy) is 1. The van der Waals surface area contributed by atoms with E-state index in [1.54, 1.807) is 6.20 Å². The van der Waals surface area contributed by atoms with Gasteiger partial charge < -0.3 is 9.64 Å². The van der Waals surface area contributed by atoms with Gasteiger partial charge in [-0.15, -0.1) is 0 Å². The normalized spacial score (nSPS) is 19.0. The highest BCUT2D eigenvalue weighted by Crippen LogP contribution is 2.17. The lowest BCUT2D eigenvalue weighted by Gasteiger charge is -2.20. The maximum Gasteiger partial charge on any atom is 0.119 e. The van der Waals surface area contributed by atoms with Crippen molar-refractivity contribution in [1.29, 1.82) is 0 Å². The summed E-state index contributed by atoms with van der Waals surface area (Å²) in [6, 6.07) is 10.8.